The minimum atomic E-state index is 0.103. The average Bonchev–Trinajstić information content (AvgIpc) is 2.91. The van der Waals surface area contributed by atoms with E-state index in [-0.39, 0.29) is 5.91 Å². The molecule has 0 saturated carbocycles. The molecule has 1 aromatic carbocycles. The molecule has 26 heavy (non-hydrogen) atoms. The van der Waals surface area contributed by atoms with Crippen molar-refractivity contribution in [3.05, 3.63) is 53.9 Å². The first-order chi connectivity index (χ1) is 12.8. The van der Waals surface area contributed by atoms with E-state index in [1.807, 2.05) is 23.1 Å². The highest BCUT2D eigenvalue weighted by Gasteiger charge is 2.21. The molecule has 0 aliphatic carbocycles. The van der Waals surface area contributed by atoms with Crippen LogP contribution in [0.3, 0.4) is 0 Å². The molecular weight excluding hydrogens is 330 g/mol. The lowest BCUT2D eigenvalue weighted by Crippen LogP contribution is -2.36. The van der Waals surface area contributed by atoms with Crippen LogP contribution in [-0.2, 0) is 22.5 Å². The molecule has 136 valence electrons. The average molecular weight is 353 g/mol. The number of aromatic nitrogens is 1. The quantitative estimate of drug-likeness (QED) is 0.843. The highest BCUT2D eigenvalue weighted by molar-refractivity contribution is 5.79. The summed E-state index contributed by atoms with van der Waals surface area (Å²) in [6.07, 6.45) is 3.83. The van der Waals surface area contributed by atoms with E-state index in [0.29, 0.717) is 26.1 Å². The number of nitrogens with zero attached hydrogens (tertiary/aromatic N) is 3. The smallest absolute Gasteiger partial charge is 0.227 e. The number of amides is 1. The molecule has 6 heteroatoms. The summed E-state index contributed by atoms with van der Waals surface area (Å²) in [5.74, 6) is 0.977. The molecule has 0 N–H and O–H groups in total. The van der Waals surface area contributed by atoms with Crippen molar-refractivity contribution < 1.29 is 14.3 Å². The first-order valence-electron chi connectivity index (χ1n) is 9.05. The van der Waals surface area contributed by atoms with Gasteiger partial charge in [-0.3, -0.25) is 9.78 Å². The third-order valence-corrected chi connectivity index (χ3v) is 4.83. The van der Waals surface area contributed by atoms with Gasteiger partial charge in [0.2, 0.25) is 5.91 Å². The van der Waals surface area contributed by atoms with Crippen LogP contribution in [0.2, 0.25) is 0 Å². The number of fused-ring (bicyclic) bond motifs is 1. The largest absolute Gasteiger partial charge is 0.491 e. The molecule has 4 rings (SSSR count). The van der Waals surface area contributed by atoms with Gasteiger partial charge in [0, 0.05) is 43.3 Å². The van der Waals surface area contributed by atoms with Gasteiger partial charge in [0.1, 0.15) is 12.4 Å². The number of benzene rings is 1. The van der Waals surface area contributed by atoms with Crippen LogP contribution in [-0.4, -0.2) is 55.2 Å². The molecule has 1 fully saturated rings. The Bertz CT molecular complexity index is 760. The summed E-state index contributed by atoms with van der Waals surface area (Å²) in [7, 11) is 0. The van der Waals surface area contributed by atoms with Crippen molar-refractivity contribution in [2.75, 3.05) is 44.4 Å². The summed E-state index contributed by atoms with van der Waals surface area (Å²) in [4.78, 5) is 21.0. The summed E-state index contributed by atoms with van der Waals surface area (Å²) in [5, 5.41) is 0. The lowest BCUT2D eigenvalue weighted by Gasteiger charge is -2.29. The molecule has 1 saturated heterocycles. The number of hydrogen-bond acceptors (Lipinski definition) is 5. The molecule has 3 heterocycles. The Labute approximate surface area is 153 Å². The first-order valence-corrected chi connectivity index (χ1v) is 9.05. The number of carbonyl (C=O) groups excluding carboxylic acids is 1. The molecule has 2 aromatic rings. The van der Waals surface area contributed by atoms with Gasteiger partial charge in [-0.1, -0.05) is 6.07 Å². The van der Waals surface area contributed by atoms with E-state index in [2.05, 4.69) is 22.0 Å². The van der Waals surface area contributed by atoms with Crippen LogP contribution in [0.15, 0.2) is 42.7 Å². The maximum atomic E-state index is 12.7. The van der Waals surface area contributed by atoms with Crippen molar-refractivity contribution in [3.8, 4) is 5.75 Å². The highest BCUT2D eigenvalue weighted by Crippen LogP contribution is 2.29. The van der Waals surface area contributed by atoms with Crippen molar-refractivity contribution in [1.29, 1.82) is 0 Å². The van der Waals surface area contributed by atoms with Gasteiger partial charge in [0.15, 0.2) is 0 Å². The van der Waals surface area contributed by atoms with Crippen LogP contribution in [0.25, 0.3) is 0 Å². The van der Waals surface area contributed by atoms with E-state index >= 15 is 0 Å². The summed E-state index contributed by atoms with van der Waals surface area (Å²) in [6, 6.07) is 10.1. The maximum absolute atomic E-state index is 12.7. The van der Waals surface area contributed by atoms with E-state index in [4.69, 9.17) is 9.47 Å². The number of morpholine rings is 1. The second-order valence-electron chi connectivity index (χ2n) is 6.59. The fourth-order valence-electron chi connectivity index (χ4n) is 3.40. The van der Waals surface area contributed by atoms with Gasteiger partial charge in [-0.15, -0.1) is 0 Å². The van der Waals surface area contributed by atoms with Gasteiger partial charge in [-0.2, -0.15) is 0 Å². The maximum Gasteiger partial charge on any atom is 0.227 e. The van der Waals surface area contributed by atoms with E-state index in [1.54, 1.807) is 12.4 Å². The molecule has 0 bridgehead atoms. The molecular formula is C20H23N3O3. The Morgan fingerprint density at radius 3 is 2.81 bits per heavy atom. The Kier molecular flexibility index (Phi) is 5.02. The Morgan fingerprint density at radius 1 is 1.12 bits per heavy atom. The fourth-order valence-corrected chi connectivity index (χ4v) is 3.40. The molecule has 6 nitrogen and oxygen atoms in total. The van der Waals surface area contributed by atoms with E-state index < -0.39 is 0 Å². The second-order valence-corrected chi connectivity index (χ2v) is 6.59. The molecule has 2 aliphatic heterocycles. The van der Waals surface area contributed by atoms with Crippen molar-refractivity contribution in [2.24, 2.45) is 0 Å². The zero-order valence-corrected chi connectivity index (χ0v) is 14.8. The van der Waals surface area contributed by atoms with Crippen LogP contribution >= 0.6 is 0 Å². The summed E-state index contributed by atoms with van der Waals surface area (Å²) < 4.78 is 11.3. The van der Waals surface area contributed by atoms with E-state index in [0.717, 1.165) is 48.9 Å². The third kappa shape index (κ3) is 3.80. The number of hydrogen-bond donors (Lipinski definition) is 0. The molecule has 0 spiro atoms. The number of pyridine rings is 1. The molecule has 2 aliphatic rings. The zero-order valence-electron chi connectivity index (χ0n) is 14.8. The monoisotopic (exact) mass is 353 g/mol. The lowest BCUT2D eigenvalue weighted by atomic mass is 10.1. The Hall–Kier alpha value is -2.60. The molecule has 0 atom stereocenters. The van der Waals surface area contributed by atoms with Gasteiger partial charge in [-0.05, 0) is 29.8 Å². The van der Waals surface area contributed by atoms with Crippen molar-refractivity contribution in [3.63, 3.8) is 0 Å². The zero-order chi connectivity index (χ0) is 17.8. The standard InChI is InChI=1S/C20H23N3O3/c24-20(12-16-2-1-5-21-14-16)23-8-11-26-19-4-3-18(13-17(19)15-23)22-6-9-25-10-7-22/h1-5,13-14H,6-12,15H2. The van der Waals surface area contributed by atoms with Gasteiger partial charge >= 0.3 is 0 Å². The minimum Gasteiger partial charge on any atom is -0.491 e. The van der Waals surface area contributed by atoms with Gasteiger partial charge in [0.05, 0.1) is 26.2 Å². The molecule has 1 amide bonds. The van der Waals surface area contributed by atoms with Crippen LogP contribution in [0, 0.1) is 0 Å². The van der Waals surface area contributed by atoms with Gasteiger partial charge in [0.25, 0.3) is 0 Å². The predicted octanol–water partition coefficient (Wildman–Crippen LogP) is 1.88. The van der Waals surface area contributed by atoms with Crippen molar-refractivity contribution in [1.82, 2.24) is 9.88 Å². The van der Waals surface area contributed by atoms with E-state index in [9.17, 15) is 4.79 Å². The Balaban J connectivity index is 1.50. The van der Waals surface area contributed by atoms with Crippen molar-refractivity contribution >= 4 is 11.6 Å². The topological polar surface area (TPSA) is 54.9 Å². The number of ether oxygens (including phenoxy) is 2. The van der Waals surface area contributed by atoms with Gasteiger partial charge < -0.3 is 19.3 Å². The SMILES string of the molecule is O=C(Cc1cccnc1)N1CCOc2ccc(N3CCOCC3)cc2C1. The second kappa shape index (κ2) is 7.74. The first kappa shape index (κ1) is 16.8. The predicted molar refractivity (Wildman–Crippen MR) is 98.3 cm³/mol. The molecule has 1 aromatic heterocycles. The fraction of sp³-hybridized carbons (Fsp3) is 0.400. The Morgan fingerprint density at radius 2 is 2.00 bits per heavy atom. The molecule has 0 radical (unpaired) electrons. The highest BCUT2D eigenvalue weighted by atomic mass is 16.5. The third-order valence-electron chi connectivity index (χ3n) is 4.83. The lowest BCUT2D eigenvalue weighted by molar-refractivity contribution is -0.131. The number of rotatable bonds is 3. The minimum absolute atomic E-state index is 0.103. The summed E-state index contributed by atoms with van der Waals surface area (Å²) in [6.45, 7) is 4.98. The summed E-state index contributed by atoms with van der Waals surface area (Å²) >= 11 is 0. The normalized spacial score (nSPS) is 17.2. The number of carbonyl (C=O) groups is 1. The summed E-state index contributed by atoms with van der Waals surface area (Å²) in [5.41, 5.74) is 3.16. The van der Waals surface area contributed by atoms with Crippen LogP contribution in [0.1, 0.15) is 11.1 Å². The van der Waals surface area contributed by atoms with E-state index in [1.165, 1.54) is 0 Å². The van der Waals surface area contributed by atoms with Crippen LogP contribution in [0.4, 0.5) is 5.69 Å². The van der Waals surface area contributed by atoms with Crippen LogP contribution in [0.5, 0.6) is 5.75 Å². The molecule has 0 unspecified atom stereocenters. The van der Waals surface area contributed by atoms with Crippen molar-refractivity contribution in [2.45, 2.75) is 13.0 Å². The van der Waals surface area contributed by atoms with Crippen LogP contribution < -0.4 is 9.64 Å². The van der Waals surface area contributed by atoms with Gasteiger partial charge in [-0.25, -0.2) is 0 Å². The number of anilines is 1.